The van der Waals surface area contributed by atoms with Crippen LogP contribution in [0.3, 0.4) is 0 Å². The zero-order valence-corrected chi connectivity index (χ0v) is 15.0. The van der Waals surface area contributed by atoms with Crippen LogP contribution >= 0.6 is 0 Å². The van der Waals surface area contributed by atoms with E-state index in [1.54, 1.807) is 12.2 Å². The molecule has 2 heterocycles. The van der Waals surface area contributed by atoms with Crippen molar-refractivity contribution in [2.75, 3.05) is 0 Å². The number of amides is 1. The fourth-order valence-corrected chi connectivity index (χ4v) is 3.58. The number of aliphatic carboxylic acids is 1. The van der Waals surface area contributed by atoms with Gasteiger partial charge in [0.1, 0.15) is 5.92 Å². The van der Waals surface area contributed by atoms with Crippen LogP contribution in [0.4, 0.5) is 0 Å². The van der Waals surface area contributed by atoms with Crippen molar-refractivity contribution in [3.63, 3.8) is 0 Å². The van der Waals surface area contributed by atoms with E-state index in [4.69, 9.17) is 4.74 Å². The molecular weight excluding hydrogens is 318 g/mol. The van der Waals surface area contributed by atoms with E-state index in [0.29, 0.717) is 0 Å². The molecule has 5 atom stereocenters. The number of hydrogen-bond donors (Lipinski definition) is 2. The summed E-state index contributed by atoms with van der Waals surface area (Å²) in [5, 5.41) is 12.4. The van der Waals surface area contributed by atoms with Gasteiger partial charge in [-0.25, -0.2) is 0 Å². The minimum absolute atomic E-state index is 0.0759. The van der Waals surface area contributed by atoms with Gasteiger partial charge in [0, 0.05) is 0 Å². The van der Waals surface area contributed by atoms with Gasteiger partial charge in [-0.05, 0) is 23.5 Å². The predicted octanol–water partition coefficient (Wildman–Crippen LogP) is 2.82. The molecule has 0 spiro atoms. The van der Waals surface area contributed by atoms with Crippen molar-refractivity contribution in [2.45, 2.75) is 51.4 Å². The largest absolute Gasteiger partial charge is 0.481 e. The number of benzene rings is 1. The molecule has 2 aliphatic rings. The first-order valence-corrected chi connectivity index (χ1v) is 8.66. The number of carboxylic acids is 1. The van der Waals surface area contributed by atoms with Crippen LogP contribution in [0.15, 0.2) is 36.4 Å². The first-order chi connectivity index (χ1) is 11.7. The SMILES string of the molecule is C[C@H](NC(=O)[C@@H]1[C@@H](C(=O)O)[C@H]2C=C[C@@H]1O2)c1ccc(C(C)(C)C)cc1. The van der Waals surface area contributed by atoms with E-state index in [0.717, 1.165) is 5.56 Å². The smallest absolute Gasteiger partial charge is 0.310 e. The van der Waals surface area contributed by atoms with Crippen LogP contribution in [0.2, 0.25) is 0 Å². The van der Waals surface area contributed by atoms with Crippen LogP contribution in [0.5, 0.6) is 0 Å². The van der Waals surface area contributed by atoms with Gasteiger partial charge in [0.2, 0.25) is 5.91 Å². The Balaban J connectivity index is 1.70. The van der Waals surface area contributed by atoms with E-state index in [1.807, 2.05) is 19.1 Å². The van der Waals surface area contributed by atoms with Crippen LogP contribution in [0.1, 0.15) is 44.9 Å². The lowest BCUT2D eigenvalue weighted by Gasteiger charge is -2.24. The number of carboxylic acid groups (broad SMARTS) is 1. The molecule has 2 bridgehead atoms. The summed E-state index contributed by atoms with van der Waals surface area (Å²) in [7, 11) is 0. The van der Waals surface area contributed by atoms with Gasteiger partial charge in [-0.2, -0.15) is 0 Å². The van der Waals surface area contributed by atoms with E-state index < -0.39 is 30.0 Å². The molecular formula is C20H25NO4. The number of hydrogen-bond acceptors (Lipinski definition) is 3. The second-order valence-corrected chi connectivity index (χ2v) is 7.94. The third kappa shape index (κ3) is 3.33. The van der Waals surface area contributed by atoms with Crippen LogP contribution in [0, 0.1) is 11.8 Å². The van der Waals surface area contributed by atoms with Crippen molar-refractivity contribution in [3.8, 4) is 0 Å². The Hall–Kier alpha value is -2.14. The summed E-state index contributed by atoms with van der Waals surface area (Å²) in [6, 6.07) is 7.97. The van der Waals surface area contributed by atoms with Crippen LogP contribution in [-0.2, 0) is 19.7 Å². The van der Waals surface area contributed by atoms with Crippen LogP contribution in [0.25, 0.3) is 0 Å². The molecule has 0 radical (unpaired) electrons. The van der Waals surface area contributed by atoms with Gasteiger partial charge < -0.3 is 15.2 Å². The number of fused-ring (bicyclic) bond motifs is 2. The number of carbonyl (C=O) groups excluding carboxylic acids is 1. The normalized spacial score (nSPS) is 28.8. The second kappa shape index (κ2) is 6.30. The highest BCUT2D eigenvalue weighted by Gasteiger charge is 2.53. The lowest BCUT2D eigenvalue weighted by molar-refractivity contribution is -0.146. The molecule has 1 aromatic carbocycles. The summed E-state index contributed by atoms with van der Waals surface area (Å²) in [6.07, 6.45) is 2.58. The first-order valence-electron chi connectivity index (χ1n) is 8.66. The Morgan fingerprint density at radius 3 is 2.16 bits per heavy atom. The molecule has 0 aromatic heterocycles. The highest BCUT2D eigenvalue weighted by atomic mass is 16.5. The van der Waals surface area contributed by atoms with E-state index in [1.165, 1.54) is 5.56 Å². The van der Waals surface area contributed by atoms with Gasteiger partial charge in [0.15, 0.2) is 0 Å². The topological polar surface area (TPSA) is 75.6 Å². The summed E-state index contributed by atoms with van der Waals surface area (Å²) in [6.45, 7) is 8.37. The maximum absolute atomic E-state index is 12.7. The molecule has 2 aliphatic heterocycles. The zero-order chi connectivity index (χ0) is 18.4. The molecule has 5 nitrogen and oxygen atoms in total. The average molecular weight is 343 g/mol. The van der Waals surface area contributed by atoms with Crippen molar-refractivity contribution in [1.29, 1.82) is 0 Å². The Labute approximate surface area is 148 Å². The molecule has 1 amide bonds. The highest BCUT2D eigenvalue weighted by molar-refractivity contribution is 5.87. The predicted molar refractivity (Wildman–Crippen MR) is 94.1 cm³/mol. The highest BCUT2D eigenvalue weighted by Crippen LogP contribution is 2.39. The number of carbonyl (C=O) groups is 2. The Bertz CT molecular complexity index is 701. The van der Waals surface area contributed by atoms with E-state index in [2.05, 4.69) is 38.2 Å². The fourth-order valence-electron chi connectivity index (χ4n) is 3.58. The Morgan fingerprint density at radius 2 is 1.64 bits per heavy atom. The van der Waals surface area contributed by atoms with Gasteiger partial charge >= 0.3 is 5.97 Å². The molecule has 3 rings (SSSR count). The molecule has 25 heavy (non-hydrogen) atoms. The fraction of sp³-hybridized carbons (Fsp3) is 0.500. The Kier molecular flexibility index (Phi) is 4.45. The van der Waals surface area contributed by atoms with Crippen molar-refractivity contribution < 1.29 is 19.4 Å². The van der Waals surface area contributed by atoms with Gasteiger partial charge in [0.25, 0.3) is 0 Å². The number of ether oxygens (including phenoxy) is 1. The summed E-state index contributed by atoms with van der Waals surface area (Å²) >= 11 is 0. The van der Waals surface area contributed by atoms with Crippen molar-refractivity contribution >= 4 is 11.9 Å². The first kappa shape index (κ1) is 17.7. The Morgan fingerprint density at radius 1 is 1.08 bits per heavy atom. The third-order valence-electron chi connectivity index (χ3n) is 5.12. The molecule has 1 fully saturated rings. The second-order valence-electron chi connectivity index (χ2n) is 7.94. The molecule has 5 heteroatoms. The van der Waals surface area contributed by atoms with E-state index >= 15 is 0 Å². The monoisotopic (exact) mass is 343 g/mol. The van der Waals surface area contributed by atoms with Crippen LogP contribution < -0.4 is 5.32 Å². The zero-order valence-electron chi connectivity index (χ0n) is 15.0. The van der Waals surface area contributed by atoms with Gasteiger partial charge in [0.05, 0.1) is 24.2 Å². The summed E-state index contributed by atoms with van der Waals surface area (Å²) in [5.41, 5.74) is 2.30. The summed E-state index contributed by atoms with van der Waals surface area (Å²) < 4.78 is 5.57. The van der Waals surface area contributed by atoms with Gasteiger partial charge in [-0.1, -0.05) is 57.2 Å². The maximum Gasteiger partial charge on any atom is 0.310 e. The molecule has 0 saturated carbocycles. The van der Waals surface area contributed by atoms with Crippen molar-refractivity contribution in [2.24, 2.45) is 11.8 Å². The molecule has 0 aliphatic carbocycles. The van der Waals surface area contributed by atoms with Crippen molar-refractivity contribution in [1.82, 2.24) is 5.32 Å². The lowest BCUT2D eigenvalue weighted by Crippen LogP contribution is -2.43. The molecule has 0 unspecified atom stereocenters. The standard InChI is InChI=1S/C20H25NO4/c1-11(12-5-7-13(8-6-12)20(2,3)4)21-18(22)16-14-9-10-15(25-14)17(16)19(23)24/h5-11,14-17H,1-4H3,(H,21,22)(H,23,24)/t11-,14-,15+,16-,17-/m0/s1. The average Bonchev–Trinajstić information content (AvgIpc) is 3.14. The number of nitrogens with one attached hydrogen (secondary N) is 1. The van der Waals surface area contributed by atoms with Crippen LogP contribution in [-0.4, -0.2) is 29.2 Å². The minimum atomic E-state index is -0.987. The summed E-state index contributed by atoms with van der Waals surface area (Å²) in [5.74, 6) is -2.75. The molecule has 1 aromatic rings. The maximum atomic E-state index is 12.7. The third-order valence-corrected chi connectivity index (χ3v) is 5.12. The van der Waals surface area contributed by atoms with Gasteiger partial charge in [-0.3, -0.25) is 9.59 Å². The van der Waals surface area contributed by atoms with E-state index in [-0.39, 0.29) is 17.4 Å². The molecule has 1 saturated heterocycles. The summed E-state index contributed by atoms with van der Waals surface area (Å²) in [4.78, 5) is 24.2. The number of rotatable bonds is 4. The lowest BCUT2D eigenvalue weighted by atomic mass is 9.82. The quantitative estimate of drug-likeness (QED) is 0.824. The van der Waals surface area contributed by atoms with Crippen molar-refractivity contribution in [3.05, 3.63) is 47.5 Å². The van der Waals surface area contributed by atoms with E-state index in [9.17, 15) is 14.7 Å². The molecule has 134 valence electrons. The van der Waals surface area contributed by atoms with Gasteiger partial charge in [-0.15, -0.1) is 0 Å². The molecule has 2 N–H and O–H groups in total. The minimum Gasteiger partial charge on any atom is -0.481 e.